The number of hydrogen-bond donors (Lipinski definition) is 1. The highest BCUT2D eigenvalue weighted by molar-refractivity contribution is 6.30. The van der Waals surface area contributed by atoms with Gasteiger partial charge < -0.3 is 9.40 Å². The molecule has 5 rings (SSSR count). The Balaban J connectivity index is 1.33. The predicted octanol–water partition coefficient (Wildman–Crippen LogP) is 4.34. The number of aromatic amines is 1. The van der Waals surface area contributed by atoms with Crippen LogP contribution in [0.1, 0.15) is 17.0 Å². The number of fused-ring (bicyclic) bond motifs is 1. The van der Waals surface area contributed by atoms with E-state index in [9.17, 15) is 0 Å². The van der Waals surface area contributed by atoms with Crippen LogP contribution in [-0.2, 0) is 19.5 Å². The molecule has 0 spiro atoms. The van der Waals surface area contributed by atoms with Crippen LogP contribution < -0.4 is 0 Å². The van der Waals surface area contributed by atoms with Crippen LogP contribution in [0.5, 0.6) is 0 Å². The van der Waals surface area contributed by atoms with E-state index in [2.05, 4.69) is 24.8 Å². The molecule has 0 atom stereocenters. The Hall–Kier alpha value is -2.96. The molecule has 1 N–H and O–H groups in total. The summed E-state index contributed by atoms with van der Waals surface area (Å²) >= 11 is 6.39. The highest BCUT2D eigenvalue weighted by atomic mass is 35.5. The highest BCUT2D eigenvalue weighted by Gasteiger charge is 2.21. The number of furan rings is 1. The highest BCUT2D eigenvalue weighted by Crippen LogP contribution is 2.25. The number of nitrogens with one attached hydrogen (secondary N) is 1. The van der Waals surface area contributed by atoms with Crippen LogP contribution in [0.3, 0.4) is 0 Å². The van der Waals surface area contributed by atoms with Crippen molar-refractivity contribution >= 4 is 11.6 Å². The topological polar surface area (TPSA) is 70.8 Å². The Morgan fingerprint density at radius 1 is 1.11 bits per heavy atom. The van der Waals surface area contributed by atoms with Crippen molar-refractivity contribution < 1.29 is 4.42 Å². The van der Waals surface area contributed by atoms with Crippen molar-refractivity contribution in [2.45, 2.75) is 19.5 Å². The van der Waals surface area contributed by atoms with E-state index in [1.165, 1.54) is 0 Å². The molecule has 1 aromatic carbocycles. The summed E-state index contributed by atoms with van der Waals surface area (Å²) < 4.78 is 5.40. The SMILES string of the molecule is Clc1nc(-c2ccccc2)[nH]c1CN1CCc2nc(-c3ccco3)ncc2C1. The van der Waals surface area contributed by atoms with Gasteiger partial charge in [-0.05, 0) is 12.1 Å². The van der Waals surface area contributed by atoms with E-state index in [1.807, 2.05) is 48.7 Å². The number of benzene rings is 1. The van der Waals surface area contributed by atoms with Gasteiger partial charge in [-0.15, -0.1) is 0 Å². The van der Waals surface area contributed by atoms with Gasteiger partial charge in [0.25, 0.3) is 0 Å². The molecule has 0 saturated carbocycles. The Morgan fingerprint density at radius 3 is 2.82 bits per heavy atom. The van der Waals surface area contributed by atoms with Gasteiger partial charge in [-0.3, -0.25) is 4.90 Å². The lowest BCUT2D eigenvalue weighted by atomic mass is 10.1. The lowest BCUT2D eigenvalue weighted by molar-refractivity contribution is 0.240. The zero-order valence-electron chi connectivity index (χ0n) is 15.1. The molecule has 28 heavy (non-hydrogen) atoms. The number of rotatable bonds is 4. The molecule has 1 aliphatic rings. The van der Waals surface area contributed by atoms with Crippen molar-refractivity contribution in [2.24, 2.45) is 0 Å². The molecule has 0 fully saturated rings. The fourth-order valence-electron chi connectivity index (χ4n) is 3.48. The summed E-state index contributed by atoms with van der Waals surface area (Å²) in [6.07, 6.45) is 4.40. The largest absolute Gasteiger partial charge is 0.461 e. The van der Waals surface area contributed by atoms with Crippen LogP contribution in [0.2, 0.25) is 5.15 Å². The van der Waals surface area contributed by atoms with E-state index >= 15 is 0 Å². The zero-order chi connectivity index (χ0) is 18.9. The minimum atomic E-state index is 0.522. The second-order valence-corrected chi connectivity index (χ2v) is 7.18. The van der Waals surface area contributed by atoms with Crippen molar-refractivity contribution in [2.75, 3.05) is 6.54 Å². The summed E-state index contributed by atoms with van der Waals surface area (Å²) in [6, 6.07) is 13.7. The number of H-pyrrole nitrogens is 1. The third kappa shape index (κ3) is 3.32. The van der Waals surface area contributed by atoms with Crippen molar-refractivity contribution in [3.63, 3.8) is 0 Å². The first-order valence-corrected chi connectivity index (χ1v) is 9.55. The first kappa shape index (κ1) is 17.2. The maximum absolute atomic E-state index is 6.39. The molecule has 7 heteroatoms. The predicted molar refractivity (Wildman–Crippen MR) is 107 cm³/mol. The molecular weight excluding hydrogens is 374 g/mol. The Bertz CT molecular complexity index is 1090. The first-order valence-electron chi connectivity index (χ1n) is 9.17. The summed E-state index contributed by atoms with van der Waals surface area (Å²) in [5.74, 6) is 2.13. The summed E-state index contributed by atoms with van der Waals surface area (Å²) in [4.78, 5) is 19.3. The van der Waals surface area contributed by atoms with Gasteiger partial charge in [0.2, 0.25) is 0 Å². The standard InChI is InChI=1S/C21H18ClN5O/c22-19-17(25-20(26-19)14-5-2-1-3-6-14)13-27-9-8-16-15(12-27)11-23-21(24-16)18-7-4-10-28-18/h1-7,10-11H,8-9,12-13H2,(H,25,26). The number of halogens is 1. The van der Waals surface area contributed by atoms with Gasteiger partial charge in [0.15, 0.2) is 16.7 Å². The number of hydrogen-bond acceptors (Lipinski definition) is 5. The molecule has 3 aromatic heterocycles. The van der Waals surface area contributed by atoms with E-state index in [0.29, 0.717) is 23.3 Å². The lowest BCUT2D eigenvalue weighted by Gasteiger charge is -2.27. The molecular formula is C21H18ClN5O. The van der Waals surface area contributed by atoms with E-state index in [1.54, 1.807) is 6.26 Å². The third-order valence-corrected chi connectivity index (χ3v) is 5.22. The molecule has 1 aliphatic heterocycles. The van der Waals surface area contributed by atoms with Gasteiger partial charge in [0, 0.05) is 43.4 Å². The minimum Gasteiger partial charge on any atom is -0.461 e. The molecule has 0 saturated heterocycles. The van der Waals surface area contributed by atoms with Crippen molar-refractivity contribution in [3.8, 4) is 23.0 Å². The summed E-state index contributed by atoms with van der Waals surface area (Å²) in [5, 5.41) is 0.522. The fraction of sp³-hybridized carbons (Fsp3) is 0.190. The molecule has 4 aromatic rings. The van der Waals surface area contributed by atoms with E-state index < -0.39 is 0 Å². The first-order chi connectivity index (χ1) is 13.8. The van der Waals surface area contributed by atoms with Crippen molar-refractivity contribution in [3.05, 3.63) is 77.0 Å². The van der Waals surface area contributed by atoms with E-state index in [0.717, 1.165) is 47.8 Å². The quantitative estimate of drug-likeness (QED) is 0.560. The third-order valence-electron chi connectivity index (χ3n) is 4.91. The second kappa shape index (κ2) is 7.22. The lowest BCUT2D eigenvalue weighted by Crippen LogP contribution is -2.31. The van der Waals surface area contributed by atoms with Gasteiger partial charge in [0.1, 0.15) is 5.82 Å². The Labute approximate surface area is 167 Å². The van der Waals surface area contributed by atoms with Gasteiger partial charge in [-0.2, -0.15) is 0 Å². The Kier molecular flexibility index (Phi) is 4.43. The number of imidazole rings is 1. The molecule has 6 nitrogen and oxygen atoms in total. The summed E-state index contributed by atoms with van der Waals surface area (Å²) in [5.41, 5.74) is 4.18. The second-order valence-electron chi connectivity index (χ2n) is 6.82. The van der Waals surface area contributed by atoms with Gasteiger partial charge in [-0.1, -0.05) is 41.9 Å². The van der Waals surface area contributed by atoms with Gasteiger partial charge in [0.05, 0.1) is 17.7 Å². The normalized spacial score (nSPS) is 14.2. The van der Waals surface area contributed by atoms with Crippen LogP contribution in [0.15, 0.2) is 59.3 Å². The smallest absolute Gasteiger partial charge is 0.195 e. The molecule has 4 heterocycles. The molecule has 0 aliphatic carbocycles. The molecule has 0 amide bonds. The average molecular weight is 392 g/mol. The monoisotopic (exact) mass is 391 g/mol. The van der Waals surface area contributed by atoms with E-state index in [-0.39, 0.29) is 0 Å². The van der Waals surface area contributed by atoms with Gasteiger partial charge >= 0.3 is 0 Å². The van der Waals surface area contributed by atoms with Crippen LogP contribution >= 0.6 is 11.6 Å². The van der Waals surface area contributed by atoms with Gasteiger partial charge in [-0.25, -0.2) is 15.0 Å². The van der Waals surface area contributed by atoms with Crippen LogP contribution in [-0.4, -0.2) is 31.4 Å². The van der Waals surface area contributed by atoms with Crippen molar-refractivity contribution in [1.29, 1.82) is 0 Å². The average Bonchev–Trinajstić information content (AvgIpc) is 3.39. The molecule has 0 bridgehead atoms. The summed E-state index contributed by atoms with van der Waals surface area (Å²) in [6.45, 7) is 2.39. The Morgan fingerprint density at radius 2 is 2.00 bits per heavy atom. The maximum atomic E-state index is 6.39. The molecule has 140 valence electrons. The zero-order valence-corrected chi connectivity index (χ0v) is 15.9. The number of nitrogens with zero attached hydrogens (tertiary/aromatic N) is 4. The summed E-state index contributed by atoms with van der Waals surface area (Å²) in [7, 11) is 0. The van der Waals surface area contributed by atoms with Crippen molar-refractivity contribution in [1.82, 2.24) is 24.8 Å². The van der Waals surface area contributed by atoms with Crippen LogP contribution in [0, 0.1) is 0 Å². The fourth-order valence-corrected chi connectivity index (χ4v) is 3.67. The molecule has 0 unspecified atom stereocenters. The minimum absolute atomic E-state index is 0.522. The maximum Gasteiger partial charge on any atom is 0.195 e. The number of aromatic nitrogens is 4. The molecule has 0 radical (unpaired) electrons. The van der Waals surface area contributed by atoms with Crippen LogP contribution in [0.4, 0.5) is 0 Å². The van der Waals surface area contributed by atoms with E-state index in [4.69, 9.17) is 16.0 Å². The van der Waals surface area contributed by atoms with Crippen LogP contribution in [0.25, 0.3) is 23.0 Å².